The molecule has 98 valence electrons. The number of benzene rings is 1. The fourth-order valence-electron chi connectivity index (χ4n) is 1.67. The number of nitrogens with two attached hydrogens (primary N) is 1. The van der Waals surface area contributed by atoms with E-state index in [-0.39, 0.29) is 23.5 Å². The highest BCUT2D eigenvalue weighted by Gasteiger charge is 2.14. The Morgan fingerprint density at radius 2 is 2.11 bits per heavy atom. The van der Waals surface area contributed by atoms with Gasteiger partial charge in [0.05, 0.1) is 18.4 Å². The van der Waals surface area contributed by atoms with Crippen molar-refractivity contribution in [2.24, 2.45) is 0 Å². The molecule has 0 aliphatic heterocycles. The molecule has 6 heteroatoms. The number of hydrogen-bond donors (Lipinski definition) is 2. The Bertz CT molecular complexity index is 603. The molecule has 3 N–H and O–H groups in total. The van der Waals surface area contributed by atoms with E-state index in [1.807, 2.05) is 25.1 Å². The molecule has 5 nitrogen and oxygen atoms in total. The first-order chi connectivity index (χ1) is 9.08. The van der Waals surface area contributed by atoms with Crippen LogP contribution in [-0.4, -0.2) is 15.9 Å². The van der Waals surface area contributed by atoms with Crippen LogP contribution in [0.25, 0.3) is 0 Å². The van der Waals surface area contributed by atoms with E-state index < -0.39 is 0 Å². The molecule has 19 heavy (non-hydrogen) atoms. The maximum atomic E-state index is 12.0. The quantitative estimate of drug-likeness (QED) is 0.900. The molecule has 0 fully saturated rings. The number of amides is 1. The van der Waals surface area contributed by atoms with E-state index >= 15 is 0 Å². The average Bonchev–Trinajstić information content (AvgIpc) is 2.39. The van der Waals surface area contributed by atoms with Gasteiger partial charge in [-0.3, -0.25) is 9.78 Å². The molecular formula is C13H13ClN4O. The summed E-state index contributed by atoms with van der Waals surface area (Å²) in [5, 5.41) is 3.40. The highest BCUT2D eigenvalue weighted by Crippen LogP contribution is 2.22. The lowest BCUT2D eigenvalue weighted by atomic mass is 10.1. The lowest BCUT2D eigenvalue weighted by molar-refractivity contribution is 0.0934. The predicted octanol–water partition coefficient (Wildman–Crippen LogP) is 2.20. The molecule has 0 spiro atoms. The van der Waals surface area contributed by atoms with Crippen molar-refractivity contribution in [2.45, 2.75) is 13.0 Å². The van der Waals surface area contributed by atoms with E-state index in [4.69, 9.17) is 17.3 Å². The molecule has 1 heterocycles. The smallest absolute Gasteiger partial charge is 0.272 e. The molecule has 2 rings (SSSR count). The van der Waals surface area contributed by atoms with Crippen LogP contribution in [0.3, 0.4) is 0 Å². The van der Waals surface area contributed by atoms with Crippen molar-refractivity contribution in [1.29, 1.82) is 0 Å². The fraction of sp³-hybridized carbons (Fsp3) is 0.154. The molecule has 0 saturated heterocycles. The van der Waals surface area contributed by atoms with Crippen LogP contribution in [0, 0.1) is 0 Å². The van der Waals surface area contributed by atoms with Gasteiger partial charge in [-0.1, -0.05) is 29.8 Å². The maximum absolute atomic E-state index is 12.0. The third kappa shape index (κ3) is 3.20. The van der Waals surface area contributed by atoms with E-state index in [1.165, 1.54) is 12.4 Å². The number of nitrogens with one attached hydrogen (secondary N) is 1. The molecular weight excluding hydrogens is 264 g/mol. The maximum Gasteiger partial charge on any atom is 0.272 e. The number of halogens is 1. The third-order valence-electron chi connectivity index (χ3n) is 2.61. The summed E-state index contributed by atoms with van der Waals surface area (Å²) in [5.74, 6) is -0.134. The summed E-state index contributed by atoms with van der Waals surface area (Å²) in [4.78, 5) is 19.7. The fourth-order valence-corrected chi connectivity index (χ4v) is 1.96. The lowest BCUT2D eigenvalue weighted by Gasteiger charge is -2.15. The van der Waals surface area contributed by atoms with E-state index in [9.17, 15) is 4.79 Å². The number of nitrogens with zero attached hydrogens (tertiary/aromatic N) is 2. The zero-order chi connectivity index (χ0) is 13.8. The topological polar surface area (TPSA) is 80.9 Å². The summed E-state index contributed by atoms with van der Waals surface area (Å²) in [6.45, 7) is 1.85. The van der Waals surface area contributed by atoms with Crippen molar-refractivity contribution >= 4 is 23.3 Å². The van der Waals surface area contributed by atoms with Crippen LogP contribution in [0.4, 0.5) is 5.82 Å². The van der Waals surface area contributed by atoms with Crippen molar-refractivity contribution in [3.05, 3.63) is 52.9 Å². The Balaban J connectivity index is 2.13. The van der Waals surface area contributed by atoms with Gasteiger partial charge in [0.2, 0.25) is 0 Å². The summed E-state index contributed by atoms with van der Waals surface area (Å²) < 4.78 is 0. The van der Waals surface area contributed by atoms with Crippen LogP contribution in [0.15, 0.2) is 36.7 Å². The van der Waals surface area contributed by atoms with Crippen molar-refractivity contribution < 1.29 is 4.79 Å². The van der Waals surface area contributed by atoms with Gasteiger partial charge in [0.15, 0.2) is 0 Å². The molecule has 0 aliphatic rings. The van der Waals surface area contributed by atoms with Crippen LogP contribution >= 0.6 is 11.6 Å². The largest absolute Gasteiger partial charge is 0.382 e. The Morgan fingerprint density at radius 3 is 2.79 bits per heavy atom. The zero-order valence-corrected chi connectivity index (χ0v) is 11.1. The van der Waals surface area contributed by atoms with Gasteiger partial charge < -0.3 is 11.1 Å². The Hall–Kier alpha value is -2.14. The normalized spacial score (nSPS) is 11.9. The first-order valence-electron chi connectivity index (χ1n) is 5.70. The molecule has 0 radical (unpaired) electrons. The second-order valence-corrected chi connectivity index (χ2v) is 4.45. The van der Waals surface area contributed by atoms with Crippen LogP contribution in [0.1, 0.15) is 29.0 Å². The summed E-state index contributed by atoms with van der Waals surface area (Å²) in [6.07, 6.45) is 2.75. The number of anilines is 1. The van der Waals surface area contributed by atoms with Gasteiger partial charge in [0.25, 0.3) is 5.91 Å². The highest BCUT2D eigenvalue weighted by molar-refractivity contribution is 6.31. The number of hydrogen-bond acceptors (Lipinski definition) is 4. The molecule has 1 unspecified atom stereocenters. The first-order valence-corrected chi connectivity index (χ1v) is 6.08. The van der Waals surface area contributed by atoms with Gasteiger partial charge in [-0.25, -0.2) is 4.98 Å². The monoisotopic (exact) mass is 276 g/mol. The second kappa shape index (κ2) is 5.67. The Morgan fingerprint density at radius 1 is 1.37 bits per heavy atom. The average molecular weight is 277 g/mol. The lowest BCUT2D eigenvalue weighted by Crippen LogP contribution is -2.27. The summed E-state index contributed by atoms with van der Waals surface area (Å²) in [6, 6.07) is 7.11. The Labute approximate surface area is 115 Å². The minimum absolute atomic E-state index is 0.180. The molecule has 0 aliphatic carbocycles. The third-order valence-corrected chi connectivity index (χ3v) is 2.95. The SMILES string of the molecule is CC(NC(=O)c1cncc(N)n1)c1ccccc1Cl. The number of nitrogen functional groups attached to an aromatic ring is 1. The van der Waals surface area contributed by atoms with Crippen molar-refractivity contribution in [1.82, 2.24) is 15.3 Å². The molecule has 1 aromatic carbocycles. The number of carbonyl (C=O) groups excluding carboxylic acids is 1. The van der Waals surface area contributed by atoms with Gasteiger partial charge in [-0.15, -0.1) is 0 Å². The predicted molar refractivity (Wildman–Crippen MR) is 73.8 cm³/mol. The molecule has 2 aromatic rings. The number of aromatic nitrogens is 2. The van der Waals surface area contributed by atoms with E-state index in [1.54, 1.807) is 6.07 Å². The highest BCUT2D eigenvalue weighted by atomic mass is 35.5. The minimum atomic E-state index is -0.341. The summed E-state index contributed by atoms with van der Waals surface area (Å²) >= 11 is 6.07. The van der Waals surface area contributed by atoms with Gasteiger partial charge in [-0.2, -0.15) is 0 Å². The molecule has 0 bridgehead atoms. The zero-order valence-electron chi connectivity index (χ0n) is 10.3. The van der Waals surface area contributed by atoms with Gasteiger partial charge >= 0.3 is 0 Å². The van der Waals surface area contributed by atoms with Crippen LogP contribution in [0.5, 0.6) is 0 Å². The summed E-state index contributed by atoms with van der Waals surface area (Å²) in [5.41, 5.74) is 6.51. The van der Waals surface area contributed by atoms with Crippen molar-refractivity contribution in [3.63, 3.8) is 0 Å². The molecule has 1 amide bonds. The second-order valence-electron chi connectivity index (χ2n) is 4.05. The molecule has 1 atom stereocenters. The molecule has 1 aromatic heterocycles. The van der Waals surface area contributed by atoms with Crippen molar-refractivity contribution in [3.8, 4) is 0 Å². The van der Waals surface area contributed by atoms with E-state index in [2.05, 4.69) is 15.3 Å². The summed E-state index contributed by atoms with van der Waals surface area (Å²) in [7, 11) is 0. The van der Waals surface area contributed by atoms with Crippen LogP contribution in [-0.2, 0) is 0 Å². The van der Waals surface area contributed by atoms with Gasteiger partial charge in [0, 0.05) is 5.02 Å². The van der Waals surface area contributed by atoms with Crippen molar-refractivity contribution in [2.75, 3.05) is 5.73 Å². The standard InChI is InChI=1S/C13H13ClN4O/c1-8(9-4-2-3-5-10(9)14)17-13(19)11-6-16-7-12(15)18-11/h2-8H,1H3,(H2,15,18)(H,17,19). The van der Waals surface area contributed by atoms with Crippen LogP contribution in [0.2, 0.25) is 5.02 Å². The molecule has 0 saturated carbocycles. The number of rotatable bonds is 3. The van der Waals surface area contributed by atoms with Crippen LogP contribution < -0.4 is 11.1 Å². The number of carbonyl (C=O) groups is 1. The van der Waals surface area contributed by atoms with E-state index in [0.717, 1.165) is 5.56 Å². The van der Waals surface area contributed by atoms with Gasteiger partial charge in [0.1, 0.15) is 11.5 Å². The first kappa shape index (κ1) is 13.3. The van der Waals surface area contributed by atoms with E-state index in [0.29, 0.717) is 5.02 Å². The minimum Gasteiger partial charge on any atom is -0.382 e. The Kier molecular flexibility index (Phi) is 3.97. The van der Waals surface area contributed by atoms with Gasteiger partial charge in [-0.05, 0) is 18.6 Å².